The van der Waals surface area contributed by atoms with Crippen molar-refractivity contribution in [2.24, 2.45) is 0 Å². The average Bonchev–Trinajstić information content (AvgIpc) is 2.62. The predicted octanol–water partition coefficient (Wildman–Crippen LogP) is 3.46. The van der Waals surface area contributed by atoms with Crippen molar-refractivity contribution in [3.63, 3.8) is 0 Å². The number of carbonyl (C=O) groups excluding carboxylic acids is 2. The van der Waals surface area contributed by atoms with E-state index in [1.165, 1.54) is 36.9 Å². The maximum atomic E-state index is 13.6. The molecule has 1 aromatic heterocycles. The maximum absolute atomic E-state index is 13.6. The second-order valence-corrected chi connectivity index (χ2v) is 6.73. The first kappa shape index (κ1) is 20.8. The number of esters is 1. The molecule has 2 aromatic rings. The second kappa shape index (κ2) is 9.45. The van der Waals surface area contributed by atoms with E-state index in [1.54, 1.807) is 6.07 Å². The minimum absolute atomic E-state index is 0.0441. The van der Waals surface area contributed by atoms with Gasteiger partial charge in [-0.05, 0) is 51.1 Å². The molecule has 8 heteroatoms. The lowest BCUT2D eigenvalue weighted by molar-refractivity contribution is -0.153. The number of aryl methyl sites for hydroxylation is 2. The van der Waals surface area contributed by atoms with E-state index in [1.807, 2.05) is 20.1 Å². The van der Waals surface area contributed by atoms with Crippen LogP contribution >= 0.6 is 11.8 Å². The quantitative estimate of drug-likeness (QED) is 0.442. The SMILES string of the molecule is CSc1nc(C)c(CCC(=O)O[C@@H](C)C(=O)Nc2ccccc2F)c(C)n1. The zero-order valence-electron chi connectivity index (χ0n) is 15.7. The van der Waals surface area contributed by atoms with E-state index in [0.29, 0.717) is 11.6 Å². The molecule has 6 nitrogen and oxygen atoms in total. The van der Waals surface area contributed by atoms with E-state index in [2.05, 4.69) is 15.3 Å². The summed E-state index contributed by atoms with van der Waals surface area (Å²) in [6.07, 6.45) is 1.39. The summed E-state index contributed by atoms with van der Waals surface area (Å²) < 4.78 is 18.7. The fourth-order valence-corrected chi connectivity index (χ4v) is 2.95. The van der Waals surface area contributed by atoms with Crippen LogP contribution in [0.4, 0.5) is 10.1 Å². The highest BCUT2D eigenvalue weighted by atomic mass is 32.2. The van der Waals surface area contributed by atoms with Gasteiger partial charge in [0.1, 0.15) is 5.82 Å². The van der Waals surface area contributed by atoms with Crippen molar-refractivity contribution in [3.05, 3.63) is 47.0 Å². The third-order valence-electron chi connectivity index (χ3n) is 3.97. The summed E-state index contributed by atoms with van der Waals surface area (Å²) in [5, 5.41) is 3.10. The first-order valence-corrected chi connectivity index (χ1v) is 9.67. The topological polar surface area (TPSA) is 81.2 Å². The summed E-state index contributed by atoms with van der Waals surface area (Å²) >= 11 is 1.46. The lowest BCUT2D eigenvalue weighted by atomic mass is 10.1. The number of aromatic nitrogens is 2. The Morgan fingerprint density at radius 3 is 2.44 bits per heavy atom. The number of anilines is 1. The highest BCUT2D eigenvalue weighted by molar-refractivity contribution is 7.98. The van der Waals surface area contributed by atoms with E-state index in [9.17, 15) is 14.0 Å². The fraction of sp³-hybridized carbons (Fsp3) is 0.368. The van der Waals surface area contributed by atoms with Gasteiger partial charge in [-0.1, -0.05) is 23.9 Å². The molecule has 0 saturated heterocycles. The monoisotopic (exact) mass is 391 g/mol. The number of benzene rings is 1. The number of nitrogens with one attached hydrogen (secondary N) is 1. The van der Waals surface area contributed by atoms with E-state index in [0.717, 1.165) is 17.0 Å². The number of amides is 1. The van der Waals surface area contributed by atoms with Crippen molar-refractivity contribution in [1.82, 2.24) is 9.97 Å². The molecular formula is C19H22FN3O3S. The molecule has 0 bridgehead atoms. The van der Waals surface area contributed by atoms with Crippen molar-refractivity contribution in [1.29, 1.82) is 0 Å². The van der Waals surface area contributed by atoms with E-state index in [-0.39, 0.29) is 12.1 Å². The summed E-state index contributed by atoms with van der Waals surface area (Å²) in [5.41, 5.74) is 2.59. The van der Waals surface area contributed by atoms with Gasteiger partial charge in [0.05, 0.1) is 5.69 Å². The summed E-state index contributed by atoms with van der Waals surface area (Å²) in [4.78, 5) is 32.9. The molecule has 0 aliphatic carbocycles. The second-order valence-electron chi connectivity index (χ2n) is 5.96. The lowest BCUT2D eigenvalue weighted by Crippen LogP contribution is -2.30. The smallest absolute Gasteiger partial charge is 0.306 e. The van der Waals surface area contributed by atoms with E-state index >= 15 is 0 Å². The minimum atomic E-state index is -1.03. The Morgan fingerprint density at radius 2 is 1.85 bits per heavy atom. The molecule has 0 radical (unpaired) electrons. The number of rotatable bonds is 7. The minimum Gasteiger partial charge on any atom is -0.453 e. The molecular weight excluding hydrogens is 369 g/mol. The third kappa shape index (κ3) is 5.75. The number of hydrogen-bond donors (Lipinski definition) is 1. The van der Waals surface area contributed by atoms with Gasteiger partial charge in [0, 0.05) is 17.8 Å². The van der Waals surface area contributed by atoms with Gasteiger partial charge < -0.3 is 10.1 Å². The molecule has 1 aromatic carbocycles. The number of carbonyl (C=O) groups is 2. The Labute approximate surface area is 161 Å². The molecule has 1 amide bonds. The first-order chi connectivity index (χ1) is 12.8. The molecule has 0 spiro atoms. The number of halogens is 1. The molecule has 1 atom stereocenters. The van der Waals surface area contributed by atoms with Crippen LogP contribution in [0.15, 0.2) is 29.4 Å². The maximum Gasteiger partial charge on any atom is 0.306 e. The summed E-state index contributed by atoms with van der Waals surface area (Å²) in [7, 11) is 0. The lowest BCUT2D eigenvalue weighted by Gasteiger charge is -2.14. The summed E-state index contributed by atoms with van der Waals surface area (Å²) in [6, 6.07) is 5.80. The Bertz CT molecular complexity index is 822. The van der Waals surface area contributed by atoms with E-state index < -0.39 is 23.8 Å². The van der Waals surface area contributed by atoms with Crippen LogP contribution in [0.3, 0.4) is 0 Å². The molecule has 1 N–H and O–H groups in total. The average molecular weight is 391 g/mol. The number of para-hydroxylation sites is 1. The number of nitrogens with zero attached hydrogens (tertiary/aromatic N) is 2. The van der Waals surface area contributed by atoms with Crippen LogP contribution in [0.2, 0.25) is 0 Å². The van der Waals surface area contributed by atoms with Gasteiger partial charge in [-0.3, -0.25) is 9.59 Å². The Balaban J connectivity index is 1.90. The van der Waals surface area contributed by atoms with Crippen molar-refractivity contribution in [3.8, 4) is 0 Å². The van der Waals surface area contributed by atoms with Gasteiger partial charge >= 0.3 is 5.97 Å². The molecule has 1 heterocycles. The van der Waals surface area contributed by atoms with Crippen LogP contribution in [0.5, 0.6) is 0 Å². The Kier molecular flexibility index (Phi) is 7.29. The van der Waals surface area contributed by atoms with Gasteiger partial charge in [0.15, 0.2) is 11.3 Å². The normalized spacial score (nSPS) is 11.7. The zero-order valence-corrected chi connectivity index (χ0v) is 16.5. The fourth-order valence-electron chi connectivity index (χ4n) is 2.50. The van der Waals surface area contributed by atoms with Gasteiger partial charge in [-0.2, -0.15) is 0 Å². The number of thioether (sulfide) groups is 1. The molecule has 0 aliphatic rings. The zero-order chi connectivity index (χ0) is 20.0. The van der Waals surface area contributed by atoms with Crippen molar-refractivity contribution >= 4 is 29.3 Å². The van der Waals surface area contributed by atoms with Crippen LogP contribution in [-0.2, 0) is 20.7 Å². The van der Waals surface area contributed by atoms with Gasteiger partial charge in [0.2, 0.25) is 0 Å². The van der Waals surface area contributed by atoms with Gasteiger partial charge in [-0.25, -0.2) is 14.4 Å². The van der Waals surface area contributed by atoms with Gasteiger partial charge in [0.25, 0.3) is 5.91 Å². The Hall–Kier alpha value is -2.48. The molecule has 144 valence electrons. The molecule has 27 heavy (non-hydrogen) atoms. The van der Waals surface area contributed by atoms with Crippen LogP contribution < -0.4 is 5.32 Å². The van der Waals surface area contributed by atoms with Crippen LogP contribution in [-0.4, -0.2) is 34.2 Å². The summed E-state index contributed by atoms with van der Waals surface area (Å²) in [6.45, 7) is 5.19. The van der Waals surface area contributed by atoms with Crippen molar-refractivity contribution < 1.29 is 18.7 Å². The number of hydrogen-bond acceptors (Lipinski definition) is 6. The standard InChI is InChI=1S/C19H22FN3O3S/c1-11-14(12(2)22-19(21-11)27-4)9-10-17(24)26-13(3)18(25)23-16-8-6-5-7-15(16)20/h5-8,13H,9-10H2,1-4H3,(H,23,25)/t13-/m0/s1. The van der Waals surface area contributed by atoms with Gasteiger partial charge in [-0.15, -0.1) is 0 Å². The molecule has 0 aliphatic heterocycles. The van der Waals surface area contributed by atoms with Crippen LogP contribution in [0.25, 0.3) is 0 Å². The molecule has 0 saturated carbocycles. The molecule has 2 rings (SSSR count). The van der Waals surface area contributed by atoms with E-state index in [4.69, 9.17) is 4.74 Å². The first-order valence-electron chi connectivity index (χ1n) is 8.44. The predicted molar refractivity (Wildman–Crippen MR) is 102 cm³/mol. The van der Waals surface area contributed by atoms with Crippen LogP contribution in [0, 0.1) is 19.7 Å². The molecule has 0 unspecified atom stereocenters. The number of ether oxygens (including phenoxy) is 1. The summed E-state index contributed by atoms with van der Waals surface area (Å²) in [5.74, 6) is -1.66. The largest absolute Gasteiger partial charge is 0.453 e. The molecule has 0 fully saturated rings. The third-order valence-corrected chi connectivity index (χ3v) is 4.52. The highest BCUT2D eigenvalue weighted by Gasteiger charge is 2.19. The van der Waals surface area contributed by atoms with Crippen LogP contribution in [0.1, 0.15) is 30.3 Å². The van der Waals surface area contributed by atoms with Crippen molar-refractivity contribution in [2.75, 3.05) is 11.6 Å². The highest BCUT2D eigenvalue weighted by Crippen LogP contribution is 2.18. The van der Waals surface area contributed by atoms with Crippen molar-refractivity contribution in [2.45, 2.75) is 44.9 Å². The Morgan fingerprint density at radius 1 is 1.22 bits per heavy atom.